The molecule has 11 heteroatoms. The van der Waals surface area contributed by atoms with Crippen molar-refractivity contribution in [2.45, 2.75) is 13.1 Å². The Bertz CT molecular complexity index is 1400. The lowest BCUT2D eigenvalue weighted by Crippen LogP contribution is -2.17. The van der Waals surface area contributed by atoms with Crippen LogP contribution in [-0.2, 0) is 15.7 Å². The van der Waals surface area contributed by atoms with E-state index in [-0.39, 0.29) is 35.0 Å². The minimum atomic E-state index is -4.62. The van der Waals surface area contributed by atoms with Crippen LogP contribution in [0.3, 0.4) is 0 Å². The first-order valence-corrected chi connectivity index (χ1v) is 10.3. The lowest BCUT2D eigenvalue weighted by molar-refractivity contribution is -0.137. The van der Waals surface area contributed by atoms with Crippen LogP contribution >= 0.6 is 0 Å². The Hall–Kier alpha value is -4.25. The molecule has 0 fully saturated rings. The van der Waals surface area contributed by atoms with Crippen LogP contribution in [-0.4, -0.2) is 35.7 Å². The summed E-state index contributed by atoms with van der Waals surface area (Å²) in [7, 11) is 1.40. The molecule has 8 nitrogen and oxygen atoms in total. The molecule has 0 unspecified atom stereocenters. The van der Waals surface area contributed by atoms with Crippen LogP contribution in [0.25, 0.3) is 22.4 Å². The highest BCUT2D eigenvalue weighted by molar-refractivity contribution is 6.13. The normalized spacial score (nSPS) is 11.5. The second-order valence-corrected chi connectivity index (χ2v) is 7.56. The number of nitrogens with zero attached hydrogens (tertiary/aromatic N) is 2. The van der Waals surface area contributed by atoms with Gasteiger partial charge in [-0.25, -0.2) is 4.98 Å². The number of amides is 2. The minimum Gasteiger partial charge on any atom is -0.375 e. The number of hydrogen-bond donors (Lipinski definition) is 2. The van der Waals surface area contributed by atoms with Crippen molar-refractivity contribution in [1.29, 1.82) is 0 Å². The number of carbonyl (C=O) groups is 2. The molecule has 0 saturated heterocycles. The molecule has 4 rings (SSSR count). The monoisotopic (exact) mass is 484 g/mol. The molecular formula is C24H19F3N4O4. The highest BCUT2D eigenvalue weighted by atomic mass is 19.4. The summed E-state index contributed by atoms with van der Waals surface area (Å²) in [4.78, 5) is 29.0. The number of rotatable bonds is 6. The zero-order valence-corrected chi connectivity index (χ0v) is 18.6. The van der Waals surface area contributed by atoms with Gasteiger partial charge in [0, 0.05) is 24.0 Å². The molecule has 180 valence electrons. The molecule has 0 aliphatic heterocycles. The number of anilines is 2. The molecule has 0 aliphatic carbocycles. The summed E-state index contributed by atoms with van der Waals surface area (Å²) in [6.07, 6.45) is -4.62. The van der Waals surface area contributed by atoms with Crippen LogP contribution < -0.4 is 10.6 Å². The first kappa shape index (κ1) is 23.9. The van der Waals surface area contributed by atoms with Crippen LogP contribution in [0.2, 0.25) is 0 Å². The number of aryl methyl sites for hydroxylation is 1. The van der Waals surface area contributed by atoms with E-state index >= 15 is 0 Å². The number of fused-ring (bicyclic) bond motifs is 1. The zero-order valence-electron chi connectivity index (χ0n) is 18.6. The summed E-state index contributed by atoms with van der Waals surface area (Å²) in [5.41, 5.74) is 0.0963. The number of halogens is 3. The Morgan fingerprint density at radius 2 is 1.69 bits per heavy atom. The topological polar surface area (TPSA) is 106 Å². The van der Waals surface area contributed by atoms with Crippen molar-refractivity contribution in [1.82, 2.24) is 10.1 Å². The maximum atomic E-state index is 13.6. The SMILES string of the molecule is COCC(=O)Nc1ccc(NC(=O)c2cc(-c3ccccc3C(F)(F)F)nc3onc(C)c23)cc1. The molecule has 2 aromatic carbocycles. The van der Waals surface area contributed by atoms with Crippen LogP contribution in [0.5, 0.6) is 0 Å². The average molecular weight is 484 g/mol. The number of ether oxygens (including phenoxy) is 1. The number of hydrogen-bond acceptors (Lipinski definition) is 6. The Balaban J connectivity index is 1.69. The molecule has 4 aromatic rings. The van der Waals surface area contributed by atoms with Gasteiger partial charge in [0.05, 0.1) is 27.9 Å². The summed E-state index contributed by atoms with van der Waals surface area (Å²) >= 11 is 0. The van der Waals surface area contributed by atoms with Crippen LogP contribution in [0.1, 0.15) is 21.6 Å². The molecule has 2 amide bonds. The smallest absolute Gasteiger partial charge is 0.375 e. The zero-order chi connectivity index (χ0) is 25.2. The fourth-order valence-corrected chi connectivity index (χ4v) is 3.53. The number of alkyl halides is 3. The molecule has 0 spiro atoms. The standard InChI is InChI=1S/C24H19F3N4O4/c1-13-21-17(22(33)29-15-9-7-14(8-10-15)28-20(32)12-34-2)11-19(30-23(21)35-31-13)16-5-3-4-6-18(16)24(25,26)27/h3-11H,12H2,1-2H3,(H,28,32)(H,29,33). The van der Waals surface area contributed by atoms with Crippen LogP contribution in [0, 0.1) is 6.92 Å². The maximum absolute atomic E-state index is 13.6. The van der Waals surface area contributed by atoms with Crippen molar-refractivity contribution in [3.63, 3.8) is 0 Å². The van der Waals surface area contributed by atoms with Crippen molar-refractivity contribution < 1.29 is 32.0 Å². The van der Waals surface area contributed by atoms with E-state index < -0.39 is 17.6 Å². The van der Waals surface area contributed by atoms with E-state index in [0.717, 1.165) is 6.07 Å². The third kappa shape index (κ3) is 5.14. The quantitative estimate of drug-likeness (QED) is 0.397. The van der Waals surface area contributed by atoms with Gasteiger partial charge in [-0.3, -0.25) is 9.59 Å². The van der Waals surface area contributed by atoms with E-state index in [1.807, 2.05) is 0 Å². The molecular weight excluding hydrogens is 465 g/mol. The van der Waals surface area contributed by atoms with Gasteiger partial charge in [-0.1, -0.05) is 23.4 Å². The Kier molecular flexibility index (Phi) is 6.52. The molecule has 2 N–H and O–H groups in total. The Labute approximate surface area is 197 Å². The van der Waals surface area contributed by atoms with E-state index in [4.69, 9.17) is 9.26 Å². The fraction of sp³-hybridized carbons (Fsp3) is 0.167. The van der Waals surface area contributed by atoms with Gasteiger partial charge in [-0.2, -0.15) is 13.2 Å². The van der Waals surface area contributed by atoms with E-state index in [2.05, 4.69) is 20.8 Å². The summed E-state index contributed by atoms with van der Waals surface area (Å²) in [6, 6.07) is 12.5. The second-order valence-electron chi connectivity index (χ2n) is 7.56. The summed E-state index contributed by atoms with van der Waals surface area (Å²) < 4.78 is 50.7. The predicted molar refractivity (Wildman–Crippen MR) is 122 cm³/mol. The molecule has 2 heterocycles. The van der Waals surface area contributed by atoms with Gasteiger partial charge < -0.3 is 19.9 Å². The summed E-state index contributed by atoms with van der Waals surface area (Å²) in [6.45, 7) is 1.50. The number of carbonyl (C=O) groups excluding carboxylic acids is 2. The number of nitrogens with one attached hydrogen (secondary N) is 2. The van der Waals surface area contributed by atoms with Gasteiger partial charge in [0.15, 0.2) is 0 Å². The average Bonchev–Trinajstić information content (AvgIpc) is 3.20. The fourth-order valence-electron chi connectivity index (χ4n) is 3.53. The molecule has 0 saturated carbocycles. The lowest BCUT2D eigenvalue weighted by Gasteiger charge is -2.13. The number of pyridine rings is 1. The Morgan fingerprint density at radius 3 is 2.34 bits per heavy atom. The summed E-state index contributed by atoms with van der Waals surface area (Å²) in [5, 5.41) is 9.44. The van der Waals surface area contributed by atoms with Crippen molar-refractivity contribution in [3.8, 4) is 11.3 Å². The van der Waals surface area contributed by atoms with Crippen molar-refractivity contribution >= 4 is 34.3 Å². The third-order valence-electron chi connectivity index (χ3n) is 5.07. The molecule has 0 aliphatic rings. The number of methoxy groups -OCH3 is 1. The van der Waals surface area contributed by atoms with Crippen molar-refractivity contribution in [2.24, 2.45) is 0 Å². The molecule has 0 bridgehead atoms. The highest BCUT2D eigenvalue weighted by Crippen LogP contribution is 2.37. The number of benzene rings is 2. The van der Waals surface area contributed by atoms with Gasteiger partial charge in [-0.15, -0.1) is 0 Å². The van der Waals surface area contributed by atoms with Crippen molar-refractivity contribution in [3.05, 3.63) is 71.4 Å². The van der Waals surface area contributed by atoms with Gasteiger partial charge >= 0.3 is 6.18 Å². The van der Waals surface area contributed by atoms with Gasteiger partial charge in [0.2, 0.25) is 5.91 Å². The number of aromatic nitrogens is 2. The molecule has 35 heavy (non-hydrogen) atoms. The minimum absolute atomic E-state index is 0.0539. The van der Waals surface area contributed by atoms with Crippen molar-refractivity contribution in [2.75, 3.05) is 24.4 Å². The molecule has 0 atom stereocenters. The third-order valence-corrected chi connectivity index (χ3v) is 5.07. The predicted octanol–water partition coefficient (Wildman–Crippen LogP) is 5.05. The summed E-state index contributed by atoms with van der Waals surface area (Å²) in [5.74, 6) is -0.927. The van der Waals surface area contributed by atoms with E-state index in [9.17, 15) is 22.8 Å². The first-order valence-electron chi connectivity index (χ1n) is 10.3. The van der Waals surface area contributed by atoms with E-state index in [0.29, 0.717) is 22.5 Å². The second kappa shape index (κ2) is 9.55. The largest absolute Gasteiger partial charge is 0.417 e. The van der Waals surface area contributed by atoms with Gasteiger partial charge in [0.1, 0.15) is 6.61 Å². The Morgan fingerprint density at radius 1 is 1.03 bits per heavy atom. The van der Waals surface area contributed by atoms with Crippen LogP contribution in [0.4, 0.5) is 24.5 Å². The lowest BCUT2D eigenvalue weighted by atomic mass is 10.0. The molecule has 0 radical (unpaired) electrons. The van der Waals surface area contributed by atoms with E-state index in [1.54, 1.807) is 31.2 Å². The van der Waals surface area contributed by atoms with Crippen LogP contribution in [0.15, 0.2) is 59.1 Å². The maximum Gasteiger partial charge on any atom is 0.417 e. The van der Waals surface area contributed by atoms with E-state index in [1.165, 1.54) is 31.4 Å². The molecule has 2 aromatic heterocycles. The highest BCUT2D eigenvalue weighted by Gasteiger charge is 2.34. The first-order chi connectivity index (χ1) is 16.7. The van der Waals surface area contributed by atoms with Gasteiger partial charge in [-0.05, 0) is 43.3 Å². The van der Waals surface area contributed by atoms with Gasteiger partial charge in [0.25, 0.3) is 11.6 Å².